The molecule has 2 rings (SSSR count). The lowest BCUT2D eigenvalue weighted by atomic mass is 10.2. The first-order chi connectivity index (χ1) is 8.81. The molecule has 1 aliphatic heterocycles. The molecule has 1 N–H and O–H groups in total. The first-order valence-electron chi connectivity index (χ1n) is 6.81. The minimum absolute atomic E-state index is 0.266. The van der Waals surface area contributed by atoms with Crippen LogP contribution >= 0.6 is 0 Å². The average molecular weight is 249 g/mol. The molecule has 0 spiro atoms. The molecule has 0 radical (unpaired) electrons. The van der Waals surface area contributed by atoms with Gasteiger partial charge in [-0.25, -0.2) is 0 Å². The van der Waals surface area contributed by atoms with Crippen LogP contribution in [0.1, 0.15) is 18.2 Å². The van der Waals surface area contributed by atoms with E-state index in [-0.39, 0.29) is 6.61 Å². The van der Waals surface area contributed by atoms with Crippen molar-refractivity contribution in [2.45, 2.75) is 19.9 Å². The Morgan fingerprint density at radius 3 is 2.44 bits per heavy atom. The third-order valence-electron chi connectivity index (χ3n) is 3.54. The third-order valence-corrected chi connectivity index (χ3v) is 3.54. The molecule has 4 heteroatoms. The fourth-order valence-corrected chi connectivity index (χ4v) is 2.33. The van der Waals surface area contributed by atoms with E-state index >= 15 is 0 Å². The summed E-state index contributed by atoms with van der Waals surface area (Å²) >= 11 is 0. The molecular formula is C14H23N3O. The zero-order valence-electron chi connectivity index (χ0n) is 11.2. The van der Waals surface area contributed by atoms with E-state index in [4.69, 9.17) is 5.11 Å². The van der Waals surface area contributed by atoms with E-state index in [2.05, 4.69) is 33.8 Å². The van der Waals surface area contributed by atoms with Gasteiger partial charge in [0.1, 0.15) is 0 Å². The van der Waals surface area contributed by atoms with Gasteiger partial charge in [-0.1, -0.05) is 13.0 Å². The zero-order valence-corrected chi connectivity index (χ0v) is 11.2. The van der Waals surface area contributed by atoms with Crippen molar-refractivity contribution in [1.29, 1.82) is 0 Å². The van der Waals surface area contributed by atoms with E-state index in [9.17, 15) is 0 Å². The van der Waals surface area contributed by atoms with Gasteiger partial charge in [0.05, 0.1) is 6.61 Å². The summed E-state index contributed by atoms with van der Waals surface area (Å²) in [6, 6.07) is 4.31. The second-order valence-electron chi connectivity index (χ2n) is 4.85. The molecule has 0 aromatic carbocycles. The van der Waals surface area contributed by atoms with Gasteiger partial charge < -0.3 is 5.11 Å². The van der Waals surface area contributed by atoms with Gasteiger partial charge >= 0.3 is 0 Å². The standard InChI is InChI=1S/C14H23N3O/c1-2-14-4-3-13(11-15-14)12-17-7-5-16(6-8-17)9-10-18/h3-4,11,18H,2,5-10,12H2,1H3. The molecule has 1 aromatic heterocycles. The van der Waals surface area contributed by atoms with Crippen LogP contribution in [0.15, 0.2) is 18.3 Å². The molecule has 18 heavy (non-hydrogen) atoms. The van der Waals surface area contributed by atoms with E-state index < -0.39 is 0 Å². The fraction of sp³-hybridized carbons (Fsp3) is 0.643. The Morgan fingerprint density at radius 1 is 1.17 bits per heavy atom. The van der Waals surface area contributed by atoms with E-state index in [1.54, 1.807) is 0 Å². The van der Waals surface area contributed by atoms with Crippen LogP contribution in [0.3, 0.4) is 0 Å². The van der Waals surface area contributed by atoms with Gasteiger partial charge in [-0.2, -0.15) is 0 Å². The van der Waals surface area contributed by atoms with Crippen LogP contribution in [0.25, 0.3) is 0 Å². The number of pyridine rings is 1. The Hall–Kier alpha value is -0.970. The first-order valence-corrected chi connectivity index (χ1v) is 6.81. The van der Waals surface area contributed by atoms with Gasteiger partial charge in [-0.15, -0.1) is 0 Å². The lowest BCUT2D eigenvalue weighted by Crippen LogP contribution is -2.46. The van der Waals surface area contributed by atoms with Gasteiger partial charge in [0.25, 0.3) is 0 Å². The second kappa shape index (κ2) is 6.83. The number of hydrogen-bond acceptors (Lipinski definition) is 4. The molecule has 1 aromatic rings. The predicted molar refractivity (Wildman–Crippen MR) is 72.4 cm³/mol. The molecule has 0 saturated carbocycles. The van der Waals surface area contributed by atoms with Gasteiger partial charge in [0, 0.05) is 51.2 Å². The number of aryl methyl sites for hydroxylation is 1. The highest BCUT2D eigenvalue weighted by Gasteiger charge is 2.16. The number of piperazine rings is 1. The van der Waals surface area contributed by atoms with Crippen LogP contribution in [-0.4, -0.2) is 59.2 Å². The molecule has 4 nitrogen and oxygen atoms in total. The summed E-state index contributed by atoms with van der Waals surface area (Å²) in [4.78, 5) is 9.21. The van der Waals surface area contributed by atoms with E-state index in [1.165, 1.54) is 5.56 Å². The van der Waals surface area contributed by atoms with Gasteiger partial charge in [0.15, 0.2) is 0 Å². The quantitative estimate of drug-likeness (QED) is 0.836. The summed E-state index contributed by atoms with van der Waals surface area (Å²) in [5, 5.41) is 8.91. The third kappa shape index (κ3) is 3.77. The van der Waals surface area contributed by atoms with Gasteiger partial charge in [0.2, 0.25) is 0 Å². The second-order valence-corrected chi connectivity index (χ2v) is 4.85. The van der Waals surface area contributed by atoms with Crippen molar-refractivity contribution < 1.29 is 5.11 Å². The Morgan fingerprint density at radius 2 is 1.89 bits per heavy atom. The zero-order chi connectivity index (χ0) is 12.8. The molecule has 1 aliphatic rings. The Labute approximate surface area is 109 Å². The van der Waals surface area contributed by atoms with E-state index in [0.717, 1.165) is 51.4 Å². The van der Waals surface area contributed by atoms with Crippen LogP contribution in [0.5, 0.6) is 0 Å². The Kier molecular flexibility index (Phi) is 5.11. The Balaban J connectivity index is 1.80. The SMILES string of the molecule is CCc1ccc(CN2CCN(CCO)CC2)cn1. The number of rotatable bonds is 5. The lowest BCUT2D eigenvalue weighted by Gasteiger charge is -2.34. The van der Waals surface area contributed by atoms with E-state index in [0.29, 0.717) is 0 Å². The number of nitrogens with zero attached hydrogens (tertiary/aromatic N) is 3. The minimum Gasteiger partial charge on any atom is -0.395 e. The number of aliphatic hydroxyl groups excluding tert-OH is 1. The maximum absolute atomic E-state index is 8.91. The summed E-state index contributed by atoms with van der Waals surface area (Å²) in [5.41, 5.74) is 2.45. The van der Waals surface area contributed by atoms with Crippen LogP contribution in [0.4, 0.5) is 0 Å². The van der Waals surface area contributed by atoms with Gasteiger partial charge in [-0.05, 0) is 18.1 Å². The normalized spacial score (nSPS) is 18.1. The summed E-state index contributed by atoms with van der Waals surface area (Å²) < 4.78 is 0. The van der Waals surface area contributed by atoms with Crippen LogP contribution in [0, 0.1) is 0 Å². The summed E-state index contributed by atoms with van der Waals surface area (Å²) in [5.74, 6) is 0. The summed E-state index contributed by atoms with van der Waals surface area (Å²) in [6.07, 6.45) is 3.00. The number of hydrogen-bond donors (Lipinski definition) is 1. The Bertz CT molecular complexity index is 345. The number of β-amino-alcohol motifs (C(OH)–C–C–N with tert-alkyl or cyclic N) is 1. The van der Waals surface area contributed by atoms with Crippen molar-refractivity contribution in [3.63, 3.8) is 0 Å². The number of aliphatic hydroxyl groups is 1. The van der Waals surface area contributed by atoms with Crippen LogP contribution in [-0.2, 0) is 13.0 Å². The predicted octanol–water partition coefficient (Wildman–Crippen LogP) is 0.754. The average Bonchev–Trinajstić information content (AvgIpc) is 2.42. The molecule has 1 saturated heterocycles. The highest BCUT2D eigenvalue weighted by Crippen LogP contribution is 2.08. The smallest absolute Gasteiger partial charge is 0.0558 e. The van der Waals surface area contributed by atoms with E-state index in [1.807, 2.05) is 6.20 Å². The molecule has 0 bridgehead atoms. The molecule has 0 unspecified atom stereocenters. The van der Waals surface area contributed by atoms with Crippen LogP contribution in [0.2, 0.25) is 0 Å². The fourth-order valence-electron chi connectivity index (χ4n) is 2.33. The van der Waals surface area contributed by atoms with Crippen LogP contribution < -0.4 is 0 Å². The van der Waals surface area contributed by atoms with Crippen molar-refractivity contribution >= 4 is 0 Å². The highest BCUT2D eigenvalue weighted by molar-refractivity contribution is 5.14. The van der Waals surface area contributed by atoms with Gasteiger partial charge in [-0.3, -0.25) is 14.8 Å². The monoisotopic (exact) mass is 249 g/mol. The molecule has 2 heterocycles. The van der Waals surface area contributed by atoms with Crippen molar-refractivity contribution in [3.8, 4) is 0 Å². The molecular weight excluding hydrogens is 226 g/mol. The highest BCUT2D eigenvalue weighted by atomic mass is 16.3. The summed E-state index contributed by atoms with van der Waals surface area (Å²) in [6.45, 7) is 8.46. The topological polar surface area (TPSA) is 39.6 Å². The molecule has 0 amide bonds. The summed E-state index contributed by atoms with van der Waals surface area (Å²) in [7, 11) is 0. The first kappa shape index (κ1) is 13.5. The molecule has 0 atom stereocenters. The van der Waals surface area contributed by atoms with Crippen molar-refractivity contribution in [2.24, 2.45) is 0 Å². The molecule has 0 aliphatic carbocycles. The molecule has 100 valence electrons. The maximum atomic E-state index is 8.91. The molecule has 1 fully saturated rings. The largest absolute Gasteiger partial charge is 0.395 e. The minimum atomic E-state index is 0.266. The number of aromatic nitrogens is 1. The van der Waals surface area contributed by atoms with Crippen molar-refractivity contribution in [3.05, 3.63) is 29.6 Å². The maximum Gasteiger partial charge on any atom is 0.0558 e. The lowest BCUT2D eigenvalue weighted by molar-refractivity contribution is 0.108. The van der Waals surface area contributed by atoms with Crippen molar-refractivity contribution in [1.82, 2.24) is 14.8 Å². The van der Waals surface area contributed by atoms with Crippen molar-refractivity contribution in [2.75, 3.05) is 39.3 Å².